The van der Waals surface area contributed by atoms with Gasteiger partial charge in [-0.25, -0.2) is 0 Å². The van der Waals surface area contributed by atoms with Gasteiger partial charge in [0.15, 0.2) is 0 Å². The van der Waals surface area contributed by atoms with Crippen molar-refractivity contribution in [1.29, 1.82) is 10.5 Å². The third-order valence-corrected chi connectivity index (χ3v) is 13.0. The van der Waals surface area contributed by atoms with E-state index >= 15 is 0 Å². The standard InChI is InChI=1S/C54H46N4/c55-35-37-15-13-25-43(31-37)57(41-21-9-3-10-22-41)51-33-49(39-17-5-1-6-18-39)45-27-29-48-52(58(42-23-11-4-12-24-42)44-26-14-16-38(32-44)36-56)34-50(40-19-7-2-8-20-40)46-28-30-47(51)53(45)54(46)48/h3-4,9-16,21-34,39-40H,1-2,5-8,17-20H2. The summed E-state index contributed by atoms with van der Waals surface area (Å²) in [5, 5.41) is 27.9. The summed E-state index contributed by atoms with van der Waals surface area (Å²) in [4.78, 5) is 4.76. The van der Waals surface area contributed by atoms with E-state index in [1.807, 2.05) is 36.4 Å². The maximum atomic E-state index is 10.1. The lowest BCUT2D eigenvalue weighted by molar-refractivity contribution is 0.445. The van der Waals surface area contributed by atoms with E-state index in [-0.39, 0.29) is 0 Å². The summed E-state index contributed by atoms with van der Waals surface area (Å²) < 4.78 is 0. The lowest BCUT2D eigenvalue weighted by Gasteiger charge is -2.33. The molecular formula is C54H46N4. The summed E-state index contributed by atoms with van der Waals surface area (Å²) in [5.74, 6) is 0.930. The van der Waals surface area contributed by atoms with Gasteiger partial charge in [-0.05, 0) is 143 Å². The topological polar surface area (TPSA) is 54.1 Å². The van der Waals surface area contributed by atoms with Gasteiger partial charge >= 0.3 is 0 Å². The zero-order valence-corrected chi connectivity index (χ0v) is 32.9. The molecule has 8 aromatic rings. The number of hydrogen-bond acceptors (Lipinski definition) is 4. The zero-order chi connectivity index (χ0) is 39.0. The molecule has 58 heavy (non-hydrogen) atoms. The Balaban J connectivity index is 1.34. The highest BCUT2D eigenvalue weighted by Gasteiger charge is 2.29. The van der Waals surface area contributed by atoms with Crippen LogP contribution in [-0.4, -0.2) is 0 Å². The summed E-state index contributed by atoms with van der Waals surface area (Å²) >= 11 is 0. The molecule has 2 fully saturated rings. The molecule has 0 atom stereocenters. The predicted octanol–water partition coefficient (Wildman–Crippen LogP) is 15.4. The minimum Gasteiger partial charge on any atom is -0.310 e. The number of rotatable bonds is 8. The molecule has 2 aliphatic carbocycles. The number of benzene rings is 8. The van der Waals surface area contributed by atoms with Crippen LogP contribution in [0.2, 0.25) is 0 Å². The third kappa shape index (κ3) is 6.31. The fourth-order valence-electron chi connectivity index (χ4n) is 10.3. The fourth-order valence-corrected chi connectivity index (χ4v) is 10.3. The number of nitriles is 2. The first kappa shape index (κ1) is 35.8. The Bertz CT molecular complexity index is 2640. The molecule has 0 aliphatic heterocycles. The number of anilines is 6. The van der Waals surface area contributed by atoms with Gasteiger partial charge < -0.3 is 9.80 Å². The molecule has 0 N–H and O–H groups in total. The van der Waals surface area contributed by atoms with E-state index in [1.165, 1.54) is 108 Å². The molecule has 282 valence electrons. The zero-order valence-electron chi connectivity index (χ0n) is 32.9. The van der Waals surface area contributed by atoms with Crippen molar-refractivity contribution in [3.05, 3.63) is 168 Å². The maximum Gasteiger partial charge on any atom is 0.0992 e. The molecule has 0 saturated heterocycles. The lowest BCUT2D eigenvalue weighted by atomic mass is 9.77. The first-order valence-electron chi connectivity index (χ1n) is 21.2. The second kappa shape index (κ2) is 15.4. The van der Waals surface area contributed by atoms with Crippen LogP contribution in [0.4, 0.5) is 34.1 Å². The largest absolute Gasteiger partial charge is 0.310 e. The van der Waals surface area contributed by atoms with E-state index in [1.54, 1.807) is 0 Å². The average Bonchev–Trinajstić information content (AvgIpc) is 3.30. The first-order valence-corrected chi connectivity index (χ1v) is 21.2. The van der Waals surface area contributed by atoms with Crippen LogP contribution in [0.3, 0.4) is 0 Å². The SMILES string of the molecule is N#Cc1cccc(N(c2ccccc2)c2cc(C3CCCCC3)c3ccc4c(N(c5ccccc5)c5cccc(C#N)c5)cc(C5CCCCC5)c5ccc2c3c54)c1. The van der Waals surface area contributed by atoms with Crippen molar-refractivity contribution in [1.82, 2.24) is 0 Å². The molecule has 0 aromatic heterocycles. The van der Waals surface area contributed by atoms with E-state index in [0.29, 0.717) is 23.0 Å². The van der Waals surface area contributed by atoms with Crippen LogP contribution in [0.5, 0.6) is 0 Å². The molecule has 2 aliphatic rings. The molecule has 8 aromatic carbocycles. The van der Waals surface area contributed by atoms with Crippen LogP contribution >= 0.6 is 0 Å². The second-order valence-corrected chi connectivity index (χ2v) is 16.4. The Hall–Kier alpha value is -6.62. The molecule has 10 rings (SSSR count). The Morgan fingerprint density at radius 2 is 0.759 bits per heavy atom. The summed E-state index contributed by atoms with van der Waals surface area (Å²) in [6.07, 6.45) is 12.3. The maximum absolute atomic E-state index is 10.1. The molecule has 0 radical (unpaired) electrons. The van der Waals surface area contributed by atoms with E-state index in [0.717, 1.165) is 34.1 Å². The Morgan fingerprint density at radius 1 is 0.379 bits per heavy atom. The monoisotopic (exact) mass is 750 g/mol. The molecule has 0 spiro atoms. The fraction of sp³-hybridized carbons (Fsp3) is 0.222. The van der Waals surface area contributed by atoms with Crippen LogP contribution in [0.25, 0.3) is 32.3 Å². The summed E-state index contributed by atoms with van der Waals surface area (Å²) in [7, 11) is 0. The van der Waals surface area contributed by atoms with Gasteiger partial charge in [-0.3, -0.25) is 0 Å². The van der Waals surface area contributed by atoms with Crippen LogP contribution in [0.1, 0.15) is 98.3 Å². The number of nitrogens with zero attached hydrogens (tertiary/aromatic N) is 4. The second-order valence-electron chi connectivity index (χ2n) is 16.4. The van der Waals surface area contributed by atoms with Crippen LogP contribution < -0.4 is 9.80 Å². The van der Waals surface area contributed by atoms with Gasteiger partial charge in [-0.15, -0.1) is 0 Å². The van der Waals surface area contributed by atoms with E-state index < -0.39 is 0 Å². The van der Waals surface area contributed by atoms with Crippen molar-refractivity contribution in [2.45, 2.75) is 76.0 Å². The molecule has 0 heterocycles. The van der Waals surface area contributed by atoms with Gasteiger partial charge in [0.25, 0.3) is 0 Å². The van der Waals surface area contributed by atoms with Crippen molar-refractivity contribution < 1.29 is 0 Å². The summed E-state index contributed by atoms with van der Waals surface area (Å²) in [6.45, 7) is 0. The van der Waals surface area contributed by atoms with Gasteiger partial charge in [-0.2, -0.15) is 10.5 Å². The van der Waals surface area contributed by atoms with Crippen molar-refractivity contribution >= 4 is 66.4 Å². The third-order valence-electron chi connectivity index (χ3n) is 13.0. The number of hydrogen-bond donors (Lipinski definition) is 0. The quantitative estimate of drug-likeness (QED) is 0.145. The van der Waals surface area contributed by atoms with Crippen LogP contribution in [-0.2, 0) is 0 Å². The Labute approximate surface area is 341 Å². The van der Waals surface area contributed by atoms with E-state index in [9.17, 15) is 10.5 Å². The normalized spacial score (nSPS) is 15.1. The molecular weight excluding hydrogens is 705 g/mol. The average molecular weight is 751 g/mol. The molecule has 2 saturated carbocycles. The molecule has 0 amide bonds. The predicted molar refractivity (Wildman–Crippen MR) is 241 cm³/mol. The van der Waals surface area contributed by atoms with Crippen LogP contribution in [0, 0.1) is 22.7 Å². The number of para-hydroxylation sites is 2. The summed E-state index contributed by atoms with van der Waals surface area (Å²) in [5.41, 5.74) is 10.5. The first-order chi connectivity index (χ1) is 28.7. The molecule has 4 nitrogen and oxygen atoms in total. The van der Waals surface area contributed by atoms with Gasteiger partial charge in [0, 0.05) is 33.5 Å². The van der Waals surface area contributed by atoms with Crippen molar-refractivity contribution in [3.63, 3.8) is 0 Å². The van der Waals surface area contributed by atoms with Crippen molar-refractivity contribution in [2.24, 2.45) is 0 Å². The summed E-state index contributed by atoms with van der Waals surface area (Å²) in [6, 6.07) is 56.9. The molecule has 4 heteroatoms. The molecule has 0 unspecified atom stereocenters. The van der Waals surface area contributed by atoms with Gasteiger partial charge in [0.2, 0.25) is 0 Å². The van der Waals surface area contributed by atoms with E-state index in [2.05, 4.69) is 131 Å². The highest BCUT2D eigenvalue weighted by atomic mass is 15.1. The minimum atomic E-state index is 0.465. The molecule has 0 bridgehead atoms. The van der Waals surface area contributed by atoms with Gasteiger partial charge in [0.05, 0.1) is 34.6 Å². The lowest BCUT2D eigenvalue weighted by Crippen LogP contribution is -2.14. The highest BCUT2D eigenvalue weighted by Crippen LogP contribution is 2.53. The Morgan fingerprint density at radius 3 is 1.16 bits per heavy atom. The van der Waals surface area contributed by atoms with Crippen molar-refractivity contribution in [3.8, 4) is 12.1 Å². The van der Waals surface area contributed by atoms with Gasteiger partial charge in [0.1, 0.15) is 0 Å². The minimum absolute atomic E-state index is 0.465. The Kier molecular flexibility index (Phi) is 9.48. The smallest absolute Gasteiger partial charge is 0.0992 e. The van der Waals surface area contributed by atoms with Crippen molar-refractivity contribution in [2.75, 3.05) is 9.80 Å². The van der Waals surface area contributed by atoms with Crippen LogP contribution in [0.15, 0.2) is 146 Å². The van der Waals surface area contributed by atoms with Gasteiger partial charge in [-0.1, -0.05) is 111 Å². The highest BCUT2D eigenvalue weighted by molar-refractivity contribution is 6.29. The van der Waals surface area contributed by atoms with E-state index in [4.69, 9.17) is 0 Å².